The molecule has 0 atom stereocenters. The number of hydrogen-bond donors (Lipinski definition) is 3. The molecule has 0 radical (unpaired) electrons. The number of nitrogens with zero attached hydrogens (tertiary/aromatic N) is 1. The average molecular weight is 159 g/mol. The molecule has 0 aliphatic heterocycles. The molecule has 0 rings (SSSR count). The maximum absolute atomic E-state index is 10.5. The van der Waals surface area contributed by atoms with Crippen molar-refractivity contribution in [2.24, 2.45) is 16.5 Å². The van der Waals surface area contributed by atoms with Gasteiger partial charge < -0.3 is 16.6 Å². The van der Waals surface area contributed by atoms with E-state index >= 15 is 0 Å². The van der Waals surface area contributed by atoms with E-state index in [1.54, 1.807) is 0 Å². The molecule has 0 amide bonds. The second-order valence-electron chi connectivity index (χ2n) is 2.11. The summed E-state index contributed by atoms with van der Waals surface area (Å²) < 4.78 is 0. The first-order chi connectivity index (χ1) is 5.16. The lowest BCUT2D eigenvalue weighted by Crippen LogP contribution is -2.23. The minimum atomic E-state index is -0.401. The Hall–Kier alpha value is -1.10. The predicted octanol–water partition coefficient (Wildman–Crippen LogP) is -1.40. The monoisotopic (exact) mass is 159 g/mol. The number of guanidine groups is 1. The maximum atomic E-state index is 10.5. The summed E-state index contributed by atoms with van der Waals surface area (Å²) in [6.07, 6.45) is 0.907. The molecule has 0 saturated carbocycles. The van der Waals surface area contributed by atoms with Crippen molar-refractivity contribution < 1.29 is 9.90 Å². The van der Waals surface area contributed by atoms with Crippen molar-refractivity contribution in [2.75, 3.05) is 13.2 Å². The van der Waals surface area contributed by atoms with E-state index in [1.807, 2.05) is 0 Å². The summed E-state index contributed by atoms with van der Waals surface area (Å²) in [6.45, 7) is 0.0376. The van der Waals surface area contributed by atoms with Crippen molar-refractivity contribution in [3.8, 4) is 0 Å². The fourth-order valence-corrected chi connectivity index (χ4v) is 0.563. The molecule has 11 heavy (non-hydrogen) atoms. The minimum absolute atomic E-state index is 0.0291. The van der Waals surface area contributed by atoms with Crippen LogP contribution in [0, 0.1) is 0 Å². The van der Waals surface area contributed by atoms with E-state index in [0.29, 0.717) is 19.4 Å². The van der Waals surface area contributed by atoms with Gasteiger partial charge in [0.15, 0.2) is 11.7 Å². The number of carbonyl (C=O) groups excluding carboxylic acids is 1. The Morgan fingerprint density at radius 2 is 2.09 bits per heavy atom. The van der Waals surface area contributed by atoms with Crippen LogP contribution in [0.3, 0.4) is 0 Å². The van der Waals surface area contributed by atoms with E-state index in [4.69, 9.17) is 16.6 Å². The fraction of sp³-hybridized carbons (Fsp3) is 0.667. The smallest absolute Gasteiger partial charge is 0.185 e. The Morgan fingerprint density at radius 1 is 1.45 bits per heavy atom. The zero-order chi connectivity index (χ0) is 8.69. The molecule has 0 fully saturated rings. The Kier molecular flexibility index (Phi) is 5.10. The molecule has 0 aliphatic rings. The highest BCUT2D eigenvalue weighted by Gasteiger charge is 1.96. The highest BCUT2D eigenvalue weighted by atomic mass is 16.3. The van der Waals surface area contributed by atoms with Crippen LogP contribution in [0.5, 0.6) is 0 Å². The average Bonchev–Trinajstić information content (AvgIpc) is 1.97. The number of aliphatic hydroxyl groups is 1. The van der Waals surface area contributed by atoms with Gasteiger partial charge in [-0.05, 0) is 6.42 Å². The molecule has 0 saturated heterocycles. The standard InChI is InChI=1S/C6H13N3O2/c7-6(8)9-3-1-2-5(11)4-10/h10H,1-4H2,(H4,7,8,9). The van der Waals surface area contributed by atoms with E-state index in [9.17, 15) is 4.79 Å². The first kappa shape index (κ1) is 9.90. The summed E-state index contributed by atoms with van der Waals surface area (Å²) in [5, 5.41) is 8.31. The Labute approximate surface area is 65.1 Å². The Balaban J connectivity index is 3.28. The Morgan fingerprint density at radius 3 is 2.55 bits per heavy atom. The highest BCUT2D eigenvalue weighted by Crippen LogP contribution is 1.90. The van der Waals surface area contributed by atoms with Gasteiger partial charge in [-0.3, -0.25) is 9.79 Å². The molecule has 0 aromatic rings. The number of aliphatic hydroxyl groups excluding tert-OH is 1. The lowest BCUT2D eigenvalue weighted by Gasteiger charge is -1.94. The Bertz CT molecular complexity index is 152. The van der Waals surface area contributed by atoms with Crippen LogP contribution in [0.2, 0.25) is 0 Å². The van der Waals surface area contributed by atoms with Crippen LogP contribution in [0.4, 0.5) is 0 Å². The molecule has 5 heteroatoms. The third kappa shape index (κ3) is 6.79. The van der Waals surface area contributed by atoms with Crippen LogP contribution in [-0.2, 0) is 4.79 Å². The largest absolute Gasteiger partial charge is 0.389 e. The van der Waals surface area contributed by atoms with Gasteiger partial charge in [0.2, 0.25) is 0 Å². The number of Topliss-reactive ketones (excluding diaryl/α,β-unsaturated/α-hetero) is 1. The molecule has 0 unspecified atom stereocenters. The summed E-state index contributed by atoms with van der Waals surface area (Å²) >= 11 is 0. The van der Waals surface area contributed by atoms with E-state index in [2.05, 4.69) is 4.99 Å². The van der Waals surface area contributed by atoms with E-state index in [0.717, 1.165) is 0 Å². The lowest BCUT2D eigenvalue weighted by atomic mass is 10.2. The molecule has 0 heterocycles. The second kappa shape index (κ2) is 5.67. The molecule has 64 valence electrons. The van der Waals surface area contributed by atoms with Crippen LogP contribution in [-0.4, -0.2) is 30.0 Å². The normalized spacial score (nSPS) is 9.18. The molecule has 0 bridgehead atoms. The van der Waals surface area contributed by atoms with Crippen molar-refractivity contribution >= 4 is 11.7 Å². The summed E-state index contributed by atoms with van der Waals surface area (Å²) in [4.78, 5) is 14.2. The topological polar surface area (TPSA) is 102 Å². The quantitative estimate of drug-likeness (QED) is 0.261. The number of ketones is 1. The molecular weight excluding hydrogens is 146 g/mol. The van der Waals surface area contributed by atoms with Gasteiger partial charge in [0.25, 0.3) is 0 Å². The van der Waals surface area contributed by atoms with E-state index < -0.39 is 6.61 Å². The zero-order valence-corrected chi connectivity index (χ0v) is 6.29. The van der Waals surface area contributed by atoms with Gasteiger partial charge in [-0.1, -0.05) is 0 Å². The number of aliphatic imine (C=N–C) groups is 1. The molecule has 5 N–H and O–H groups in total. The SMILES string of the molecule is NC(N)=NCCCC(=O)CO. The fourth-order valence-electron chi connectivity index (χ4n) is 0.563. The van der Waals surface area contributed by atoms with Crippen molar-refractivity contribution in [3.63, 3.8) is 0 Å². The number of rotatable bonds is 5. The van der Waals surface area contributed by atoms with Gasteiger partial charge in [-0.15, -0.1) is 0 Å². The van der Waals surface area contributed by atoms with Crippen molar-refractivity contribution in [2.45, 2.75) is 12.8 Å². The van der Waals surface area contributed by atoms with Crippen LogP contribution in [0.1, 0.15) is 12.8 Å². The highest BCUT2D eigenvalue weighted by molar-refractivity contribution is 5.79. The van der Waals surface area contributed by atoms with Gasteiger partial charge >= 0.3 is 0 Å². The summed E-state index contributed by atoms with van der Waals surface area (Å²) in [7, 11) is 0. The molecule has 0 spiro atoms. The third-order valence-corrected chi connectivity index (χ3v) is 1.08. The van der Waals surface area contributed by atoms with Crippen LogP contribution in [0.25, 0.3) is 0 Å². The van der Waals surface area contributed by atoms with Gasteiger partial charge in [-0.2, -0.15) is 0 Å². The van der Waals surface area contributed by atoms with Crippen molar-refractivity contribution in [1.82, 2.24) is 0 Å². The number of carbonyl (C=O) groups is 1. The maximum Gasteiger partial charge on any atom is 0.185 e. The molecule has 0 aliphatic carbocycles. The number of hydrogen-bond acceptors (Lipinski definition) is 3. The zero-order valence-electron chi connectivity index (χ0n) is 6.29. The van der Waals surface area contributed by atoms with E-state index in [-0.39, 0.29) is 11.7 Å². The van der Waals surface area contributed by atoms with Crippen molar-refractivity contribution in [1.29, 1.82) is 0 Å². The lowest BCUT2D eigenvalue weighted by molar-refractivity contribution is -0.121. The van der Waals surface area contributed by atoms with Crippen LogP contribution in [0.15, 0.2) is 4.99 Å². The third-order valence-electron chi connectivity index (χ3n) is 1.08. The number of nitrogens with two attached hydrogens (primary N) is 2. The van der Waals surface area contributed by atoms with Gasteiger partial charge in [0.1, 0.15) is 6.61 Å². The first-order valence-electron chi connectivity index (χ1n) is 3.34. The van der Waals surface area contributed by atoms with Gasteiger partial charge in [-0.25, -0.2) is 0 Å². The molecule has 0 aromatic heterocycles. The summed E-state index contributed by atoms with van der Waals surface area (Å²) in [6, 6.07) is 0. The van der Waals surface area contributed by atoms with E-state index in [1.165, 1.54) is 0 Å². The second-order valence-corrected chi connectivity index (χ2v) is 2.11. The van der Waals surface area contributed by atoms with Gasteiger partial charge in [0, 0.05) is 13.0 Å². The summed E-state index contributed by atoms with van der Waals surface area (Å²) in [5.74, 6) is -0.155. The summed E-state index contributed by atoms with van der Waals surface area (Å²) in [5.41, 5.74) is 10.1. The van der Waals surface area contributed by atoms with Crippen LogP contribution >= 0.6 is 0 Å². The molecule has 5 nitrogen and oxygen atoms in total. The molecule has 0 aromatic carbocycles. The predicted molar refractivity (Wildman–Crippen MR) is 42.0 cm³/mol. The molecular formula is C6H13N3O2. The van der Waals surface area contributed by atoms with Crippen LogP contribution < -0.4 is 11.5 Å². The van der Waals surface area contributed by atoms with Gasteiger partial charge in [0.05, 0.1) is 0 Å². The van der Waals surface area contributed by atoms with Crippen molar-refractivity contribution in [3.05, 3.63) is 0 Å². The first-order valence-corrected chi connectivity index (χ1v) is 3.34. The minimum Gasteiger partial charge on any atom is -0.389 e.